The molecule has 1 spiro atoms. The summed E-state index contributed by atoms with van der Waals surface area (Å²) in [7, 11) is 1.95. The van der Waals surface area contributed by atoms with Crippen molar-refractivity contribution in [3.8, 4) is 0 Å². The van der Waals surface area contributed by atoms with Gasteiger partial charge in [0, 0.05) is 35.3 Å². The Balaban J connectivity index is 1.39. The number of rotatable bonds is 6. The van der Waals surface area contributed by atoms with Crippen LogP contribution >= 0.6 is 11.6 Å². The Morgan fingerprint density at radius 3 is 2.83 bits per heavy atom. The summed E-state index contributed by atoms with van der Waals surface area (Å²) in [5, 5.41) is 9.85. The highest BCUT2D eigenvalue weighted by Gasteiger charge is 2.67. The monoisotopic (exact) mass is 492 g/mol. The number of carbonyl (C=O) groups is 2. The lowest BCUT2D eigenvalue weighted by Crippen LogP contribution is -2.74. The minimum absolute atomic E-state index is 0.00367. The highest BCUT2D eigenvalue weighted by Crippen LogP contribution is 2.58. The van der Waals surface area contributed by atoms with E-state index in [9.17, 15) is 9.59 Å². The van der Waals surface area contributed by atoms with E-state index in [1.807, 2.05) is 55.3 Å². The summed E-state index contributed by atoms with van der Waals surface area (Å²) in [5.41, 5.74) is 3.21. The third-order valence-electron chi connectivity index (χ3n) is 7.96. The van der Waals surface area contributed by atoms with E-state index in [1.165, 1.54) is 0 Å². The first-order chi connectivity index (χ1) is 16.9. The fourth-order valence-corrected chi connectivity index (χ4v) is 6.69. The highest BCUT2D eigenvalue weighted by atomic mass is 35.5. The number of hydrogen-bond acceptors (Lipinski definition) is 4. The Bertz CT molecular complexity index is 1330. The fourth-order valence-electron chi connectivity index (χ4n) is 6.52. The molecule has 0 radical (unpaired) electrons. The van der Waals surface area contributed by atoms with Crippen LogP contribution in [0.5, 0.6) is 0 Å². The van der Waals surface area contributed by atoms with E-state index < -0.39 is 5.41 Å². The van der Waals surface area contributed by atoms with Crippen molar-refractivity contribution in [3.63, 3.8) is 0 Å². The van der Waals surface area contributed by atoms with Crippen LogP contribution in [0.15, 0.2) is 42.5 Å². The Kier molecular flexibility index (Phi) is 5.27. The number of nitrogens with one attached hydrogen (secondary N) is 3. The van der Waals surface area contributed by atoms with E-state index in [0.29, 0.717) is 18.0 Å². The van der Waals surface area contributed by atoms with Crippen LogP contribution in [0.4, 0.5) is 10.5 Å². The number of imidazole rings is 1. The zero-order valence-electron chi connectivity index (χ0n) is 19.8. The maximum absolute atomic E-state index is 14.2. The first-order valence-electron chi connectivity index (χ1n) is 12.2. The molecule has 2 aliphatic heterocycles. The van der Waals surface area contributed by atoms with Gasteiger partial charge in [0.15, 0.2) is 0 Å². The second-order valence-electron chi connectivity index (χ2n) is 9.89. The average Bonchev–Trinajstić information content (AvgIpc) is 3.27. The van der Waals surface area contributed by atoms with Crippen molar-refractivity contribution in [2.45, 2.75) is 50.4 Å². The Labute approximate surface area is 209 Å². The molecule has 9 heteroatoms. The molecule has 3 aromatic rings. The van der Waals surface area contributed by atoms with E-state index in [2.05, 4.69) is 26.6 Å². The molecule has 2 aromatic carbocycles. The molecule has 1 saturated carbocycles. The Morgan fingerprint density at radius 1 is 1.20 bits per heavy atom. The van der Waals surface area contributed by atoms with Gasteiger partial charge in [-0.25, -0.2) is 9.78 Å². The van der Waals surface area contributed by atoms with E-state index >= 15 is 0 Å². The van der Waals surface area contributed by atoms with Crippen LogP contribution in [0.3, 0.4) is 0 Å². The summed E-state index contributed by atoms with van der Waals surface area (Å²) >= 11 is 6.26. The number of amides is 3. The lowest BCUT2D eigenvalue weighted by Gasteiger charge is -2.57. The Hall–Kier alpha value is -3.10. The number of hydrogen-bond donors (Lipinski definition) is 3. The maximum Gasteiger partial charge on any atom is 0.315 e. The van der Waals surface area contributed by atoms with Gasteiger partial charge in [-0.3, -0.25) is 4.79 Å². The summed E-state index contributed by atoms with van der Waals surface area (Å²) in [5.74, 6) is 0.946. The van der Waals surface area contributed by atoms with Crippen LogP contribution in [0.2, 0.25) is 5.02 Å². The number of benzene rings is 2. The van der Waals surface area contributed by atoms with E-state index in [4.69, 9.17) is 16.6 Å². The van der Waals surface area contributed by atoms with Crippen molar-refractivity contribution in [1.29, 1.82) is 0 Å². The molecule has 0 bridgehead atoms. The number of carbonyl (C=O) groups excluding carboxylic acids is 2. The SMILES string of the molecule is CNCCCn1c(CN2C(=O)[C@@]3(C[C@@H]4NC(=O)NC(C)C43)c3ccccc32)nc2cc(Cl)ccc21. The van der Waals surface area contributed by atoms with Crippen molar-refractivity contribution in [3.05, 3.63) is 58.9 Å². The van der Waals surface area contributed by atoms with Crippen LogP contribution < -0.4 is 20.9 Å². The van der Waals surface area contributed by atoms with E-state index in [0.717, 1.165) is 47.6 Å². The van der Waals surface area contributed by atoms with Crippen molar-refractivity contribution < 1.29 is 9.59 Å². The van der Waals surface area contributed by atoms with Crippen molar-refractivity contribution >= 4 is 40.3 Å². The topological polar surface area (TPSA) is 91.3 Å². The maximum atomic E-state index is 14.2. The molecule has 2 unspecified atom stereocenters. The van der Waals surface area contributed by atoms with Crippen LogP contribution in [0.25, 0.3) is 11.0 Å². The standard InChI is InChI=1S/C26H29ClN6O2/c1-15-23-19(31-25(35)29-15)13-26(23)17-6-3-4-7-20(17)33(24(26)34)14-22-30-18-12-16(27)8-9-21(18)32(22)11-5-10-28-2/h3-4,6-9,12,15,19,23,28H,5,10-11,13-14H2,1-2H3,(H2,29,31,35)/t15?,19-,23?,26-/m0/s1. The molecule has 2 fully saturated rings. The summed E-state index contributed by atoms with van der Waals surface area (Å²) < 4.78 is 2.21. The molecule has 182 valence electrons. The molecule has 1 saturated heterocycles. The number of halogens is 1. The van der Waals surface area contributed by atoms with E-state index in [1.54, 1.807) is 0 Å². The normalized spacial score (nSPS) is 26.9. The first-order valence-corrected chi connectivity index (χ1v) is 12.6. The third kappa shape index (κ3) is 3.27. The number of aromatic nitrogens is 2. The highest BCUT2D eigenvalue weighted by molar-refractivity contribution is 6.31. The van der Waals surface area contributed by atoms with Gasteiger partial charge in [-0.2, -0.15) is 0 Å². The molecule has 35 heavy (non-hydrogen) atoms. The summed E-state index contributed by atoms with van der Waals surface area (Å²) in [4.78, 5) is 33.0. The predicted octanol–water partition coefficient (Wildman–Crippen LogP) is 3.17. The van der Waals surface area contributed by atoms with Gasteiger partial charge in [-0.15, -0.1) is 0 Å². The molecule has 3 amide bonds. The van der Waals surface area contributed by atoms with Crippen LogP contribution in [-0.2, 0) is 23.3 Å². The number of fused-ring (bicyclic) bond motifs is 5. The molecule has 3 aliphatic rings. The third-order valence-corrected chi connectivity index (χ3v) is 8.19. The second-order valence-corrected chi connectivity index (χ2v) is 10.3. The summed E-state index contributed by atoms with van der Waals surface area (Å²) in [6.07, 6.45) is 1.56. The first kappa shape index (κ1) is 22.4. The smallest absolute Gasteiger partial charge is 0.315 e. The van der Waals surface area contributed by atoms with Crippen molar-refractivity contribution in [1.82, 2.24) is 25.5 Å². The zero-order chi connectivity index (χ0) is 24.3. The quantitative estimate of drug-likeness (QED) is 0.461. The number of urea groups is 1. The summed E-state index contributed by atoms with van der Waals surface area (Å²) in [6, 6.07) is 13.6. The molecular formula is C26H29ClN6O2. The number of aryl methyl sites for hydroxylation is 1. The van der Waals surface area contributed by atoms with Gasteiger partial charge in [-0.05, 0) is 63.2 Å². The molecule has 1 aliphatic carbocycles. The minimum atomic E-state index is -0.631. The van der Waals surface area contributed by atoms with Crippen molar-refractivity contribution in [2.24, 2.45) is 5.92 Å². The van der Waals surface area contributed by atoms with Gasteiger partial charge < -0.3 is 25.4 Å². The lowest BCUT2D eigenvalue weighted by atomic mass is 9.51. The van der Waals surface area contributed by atoms with Crippen LogP contribution in [0, 0.1) is 5.92 Å². The van der Waals surface area contributed by atoms with Crippen LogP contribution in [-0.4, -0.2) is 47.2 Å². The average molecular weight is 493 g/mol. The lowest BCUT2D eigenvalue weighted by molar-refractivity contribution is -0.133. The Morgan fingerprint density at radius 2 is 2.03 bits per heavy atom. The molecule has 3 heterocycles. The van der Waals surface area contributed by atoms with Gasteiger partial charge in [0.05, 0.1) is 23.0 Å². The number of nitrogens with zero attached hydrogens (tertiary/aromatic N) is 3. The predicted molar refractivity (Wildman–Crippen MR) is 136 cm³/mol. The molecule has 8 nitrogen and oxygen atoms in total. The van der Waals surface area contributed by atoms with Crippen molar-refractivity contribution in [2.75, 3.05) is 18.5 Å². The molecular weight excluding hydrogens is 464 g/mol. The second kappa shape index (κ2) is 8.24. The zero-order valence-corrected chi connectivity index (χ0v) is 20.6. The van der Waals surface area contributed by atoms with E-state index in [-0.39, 0.29) is 29.9 Å². The van der Waals surface area contributed by atoms with Crippen LogP contribution in [0.1, 0.15) is 31.2 Å². The van der Waals surface area contributed by atoms with Gasteiger partial charge in [0.2, 0.25) is 5.91 Å². The number of para-hydroxylation sites is 1. The molecule has 1 aromatic heterocycles. The molecule has 6 rings (SSSR count). The van der Waals surface area contributed by atoms with Gasteiger partial charge >= 0.3 is 6.03 Å². The molecule has 4 atom stereocenters. The largest absolute Gasteiger partial charge is 0.335 e. The minimum Gasteiger partial charge on any atom is -0.335 e. The van der Waals surface area contributed by atoms with Gasteiger partial charge in [-0.1, -0.05) is 29.8 Å². The fraction of sp³-hybridized carbons (Fsp3) is 0.423. The van der Waals surface area contributed by atoms with Gasteiger partial charge in [0.1, 0.15) is 5.82 Å². The molecule has 3 N–H and O–H groups in total. The number of anilines is 1. The summed E-state index contributed by atoms with van der Waals surface area (Å²) in [6.45, 7) is 4.07. The van der Waals surface area contributed by atoms with Gasteiger partial charge in [0.25, 0.3) is 0 Å².